The third-order valence-corrected chi connectivity index (χ3v) is 5.83. The molecule has 1 aliphatic rings. The van der Waals surface area contributed by atoms with Crippen molar-refractivity contribution in [3.8, 4) is 0 Å². The van der Waals surface area contributed by atoms with Crippen LogP contribution in [0.15, 0.2) is 65.1 Å². The second-order valence-corrected chi connectivity index (χ2v) is 8.74. The van der Waals surface area contributed by atoms with Gasteiger partial charge in [-0.25, -0.2) is 0 Å². The lowest BCUT2D eigenvalue weighted by Gasteiger charge is -2.40. The van der Waals surface area contributed by atoms with Crippen LogP contribution >= 0.6 is 0 Å². The molecule has 3 heteroatoms. The summed E-state index contributed by atoms with van der Waals surface area (Å²) in [7, 11) is 0. The normalized spacial score (nSPS) is 17.0. The topological polar surface area (TPSA) is 19.6 Å². The summed E-state index contributed by atoms with van der Waals surface area (Å²) in [6.07, 6.45) is 0.190. The zero-order chi connectivity index (χ0) is 19.6. The van der Waals surface area contributed by atoms with Crippen molar-refractivity contribution >= 4 is 39.0 Å². The molecule has 1 aromatic heterocycles. The third kappa shape index (κ3) is 2.29. The van der Waals surface area contributed by atoms with E-state index in [-0.39, 0.29) is 11.7 Å². The number of hydrogen-bond donors (Lipinski definition) is 0. The van der Waals surface area contributed by atoms with Gasteiger partial charge in [-0.3, -0.25) is 0 Å². The first-order valence-corrected chi connectivity index (χ1v) is 9.96. The van der Waals surface area contributed by atoms with Gasteiger partial charge < -0.3 is 14.2 Å². The molecule has 0 spiro atoms. The van der Waals surface area contributed by atoms with E-state index < -0.39 is 0 Å². The summed E-state index contributed by atoms with van der Waals surface area (Å²) < 4.78 is 6.40. The Kier molecular flexibility index (Phi) is 3.54. The lowest BCUT2D eigenvalue weighted by atomic mass is 10.0. The van der Waals surface area contributed by atoms with Gasteiger partial charge in [0.2, 0.25) is 0 Å². The molecule has 0 bridgehead atoms. The molecule has 3 nitrogen and oxygen atoms in total. The molecule has 3 aromatic carbocycles. The molecule has 0 aliphatic carbocycles. The Morgan fingerprint density at radius 2 is 1.50 bits per heavy atom. The van der Waals surface area contributed by atoms with Crippen LogP contribution < -0.4 is 9.80 Å². The lowest BCUT2D eigenvalue weighted by Crippen LogP contribution is -2.49. The van der Waals surface area contributed by atoms with E-state index in [1.54, 1.807) is 0 Å². The number of furan rings is 1. The van der Waals surface area contributed by atoms with Crippen LogP contribution in [0.3, 0.4) is 0 Å². The molecule has 0 saturated heterocycles. The van der Waals surface area contributed by atoms with E-state index in [0.717, 1.165) is 11.2 Å². The molecule has 2 heterocycles. The van der Waals surface area contributed by atoms with E-state index >= 15 is 0 Å². The van der Waals surface area contributed by atoms with Crippen molar-refractivity contribution in [3.63, 3.8) is 0 Å². The molecule has 0 radical (unpaired) electrons. The zero-order valence-electron chi connectivity index (χ0n) is 17.2. The standard InChI is InChI=1S/C25H26N2O/c1-16-14-15-19-18-10-6-9-13-22(18)28-24(19)23(16)26-17(2)27(25(3,4)5)21-12-8-7-11-20(21)26/h6-15,17H,1-5H3/t17-/m1/s1. The van der Waals surface area contributed by atoms with Crippen molar-refractivity contribution in [1.29, 1.82) is 0 Å². The van der Waals surface area contributed by atoms with Gasteiger partial charge in [-0.2, -0.15) is 0 Å². The minimum atomic E-state index is 0.0138. The number of benzene rings is 3. The van der Waals surface area contributed by atoms with E-state index in [0.29, 0.717) is 0 Å². The summed E-state index contributed by atoms with van der Waals surface area (Å²) in [4.78, 5) is 4.95. The fraction of sp³-hybridized carbons (Fsp3) is 0.280. The Bertz CT molecular complexity index is 1200. The molecular weight excluding hydrogens is 344 g/mol. The molecule has 1 atom stereocenters. The van der Waals surface area contributed by atoms with Crippen molar-refractivity contribution in [3.05, 3.63) is 66.2 Å². The Balaban J connectivity index is 1.82. The molecule has 4 aromatic rings. The van der Waals surface area contributed by atoms with Crippen molar-refractivity contribution in [2.24, 2.45) is 0 Å². The van der Waals surface area contributed by atoms with Crippen LogP contribution in [0.25, 0.3) is 21.9 Å². The van der Waals surface area contributed by atoms with Crippen LogP contribution in [-0.2, 0) is 0 Å². The number of aryl methyl sites for hydroxylation is 1. The molecule has 28 heavy (non-hydrogen) atoms. The van der Waals surface area contributed by atoms with E-state index in [1.807, 2.05) is 6.07 Å². The average molecular weight is 370 g/mol. The monoisotopic (exact) mass is 370 g/mol. The number of rotatable bonds is 1. The molecule has 0 unspecified atom stereocenters. The Hall–Kier alpha value is -2.94. The van der Waals surface area contributed by atoms with Crippen molar-refractivity contribution in [2.45, 2.75) is 46.3 Å². The fourth-order valence-electron chi connectivity index (χ4n) is 4.79. The number of para-hydroxylation sites is 3. The molecular formula is C25H26N2O. The van der Waals surface area contributed by atoms with Gasteiger partial charge in [-0.1, -0.05) is 42.5 Å². The Labute approximate surface area is 166 Å². The van der Waals surface area contributed by atoms with Crippen LogP contribution in [0, 0.1) is 6.92 Å². The maximum atomic E-state index is 6.40. The molecule has 0 fully saturated rings. The zero-order valence-corrected chi connectivity index (χ0v) is 17.2. The van der Waals surface area contributed by atoms with E-state index in [1.165, 1.54) is 33.4 Å². The maximum absolute atomic E-state index is 6.40. The van der Waals surface area contributed by atoms with Gasteiger partial charge in [0.25, 0.3) is 0 Å². The molecule has 142 valence electrons. The van der Waals surface area contributed by atoms with Crippen molar-refractivity contribution in [1.82, 2.24) is 0 Å². The van der Waals surface area contributed by atoms with Crippen molar-refractivity contribution in [2.75, 3.05) is 9.80 Å². The maximum Gasteiger partial charge on any atom is 0.159 e. The summed E-state index contributed by atoms with van der Waals surface area (Å²) in [6.45, 7) is 11.3. The molecule has 5 rings (SSSR count). The largest absolute Gasteiger partial charge is 0.454 e. The summed E-state index contributed by atoms with van der Waals surface area (Å²) >= 11 is 0. The first kappa shape index (κ1) is 17.2. The number of fused-ring (bicyclic) bond motifs is 4. The van der Waals surface area contributed by atoms with Crippen LogP contribution in [0.2, 0.25) is 0 Å². The van der Waals surface area contributed by atoms with Gasteiger partial charge in [-0.05, 0) is 58.4 Å². The van der Waals surface area contributed by atoms with Crippen LogP contribution in [0.4, 0.5) is 17.1 Å². The predicted octanol–water partition coefficient (Wildman–Crippen LogP) is 7.00. The number of nitrogens with zero attached hydrogens (tertiary/aromatic N) is 2. The van der Waals surface area contributed by atoms with Gasteiger partial charge in [0.1, 0.15) is 11.7 Å². The van der Waals surface area contributed by atoms with Crippen molar-refractivity contribution < 1.29 is 4.42 Å². The van der Waals surface area contributed by atoms with Crippen LogP contribution in [0.1, 0.15) is 33.3 Å². The Morgan fingerprint density at radius 3 is 2.25 bits per heavy atom. The van der Waals surface area contributed by atoms with Gasteiger partial charge in [0.15, 0.2) is 5.58 Å². The Morgan fingerprint density at radius 1 is 0.821 bits per heavy atom. The number of anilines is 3. The smallest absolute Gasteiger partial charge is 0.159 e. The minimum Gasteiger partial charge on any atom is -0.454 e. The minimum absolute atomic E-state index is 0.0138. The highest BCUT2D eigenvalue weighted by Gasteiger charge is 2.40. The average Bonchev–Trinajstić information content (AvgIpc) is 3.16. The van der Waals surface area contributed by atoms with Gasteiger partial charge in [0, 0.05) is 16.3 Å². The highest BCUT2D eigenvalue weighted by atomic mass is 16.3. The molecule has 0 N–H and O–H groups in total. The van der Waals surface area contributed by atoms with Gasteiger partial charge in [0.05, 0.1) is 17.1 Å². The third-order valence-electron chi connectivity index (χ3n) is 5.83. The highest BCUT2D eigenvalue weighted by molar-refractivity contribution is 6.10. The van der Waals surface area contributed by atoms with Crippen LogP contribution in [0.5, 0.6) is 0 Å². The van der Waals surface area contributed by atoms with E-state index in [4.69, 9.17) is 4.42 Å². The van der Waals surface area contributed by atoms with E-state index in [2.05, 4.69) is 99.0 Å². The fourth-order valence-corrected chi connectivity index (χ4v) is 4.79. The number of hydrogen-bond acceptors (Lipinski definition) is 3. The van der Waals surface area contributed by atoms with Crippen LogP contribution in [-0.4, -0.2) is 11.7 Å². The second-order valence-electron chi connectivity index (χ2n) is 8.74. The second kappa shape index (κ2) is 5.78. The molecule has 0 saturated carbocycles. The van der Waals surface area contributed by atoms with E-state index in [9.17, 15) is 0 Å². The van der Waals surface area contributed by atoms with Gasteiger partial charge in [-0.15, -0.1) is 0 Å². The predicted molar refractivity (Wildman–Crippen MR) is 119 cm³/mol. The molecule has 1 aliphatic heterocycles. The summed E-state index contributed by atoms with van der Waals surface area (Å²) in [5.74, 6) is 0. The quantitative estimate of drug-likeness (QED) is 0.360. The first-order chi connectivity index (χ1) is 13.4. The summed E-state index contributed by atoms with van der Waals surface area (Å²) in [6, 6.07) is 21.4. The van der Waals surface area contributed by atoms with Gasteiger partial charge >= 0.3 is 0 Å². The molecule has 0 amide bonds. The summed E-state index contributed by atoms with van der Waals surface area (Å²) in [5.41, 5.74) is 6.83. The first-order valence-electron chi connectivity index (χ1n) is 9.96. The lowest BCUT2D eigenvalue weighted by molar-refractivity contribution is 0.468. The summed E-state index contributed by atoms with van der Waals surface area (Å²) in [5, 5.41) is 2.35. The SMILES string of the molecule is Cc1ccc2c(oc3ccccc32)c1N1c2ccccc2N(C(C)(C)C)[C@@H]1C. The highest BCUT2D eigenvalue weighted by Crippen LogP contribution is 2.50.